The molecule has 0 aromatic heterocycles. The number of nitrogens with one attached hydrogen (secondary N) is 1. The molecule has 2 N–H and O–H groups in total. The SMILES string of the molecule is CN(C)S(=O)(=O)CCNC(=O)C1CCC(C(=O)O)O1. The Morgan fingerprint density at radius 1 is 1.32 bits per heavy atom. The van der Waals surface area contributed by atoms with Gasteiger partial charge in [-0.3, -0.25) is 4.79 Å². The van der Waals surface area contributed by atoms with E-state index in [1.165, 1.54) is 14.1 Å². The maximum atomic E-state index is 11.6. The summed E-state index contributed by atoms with van der Waals surface area (Å²) in [6, 6.07) is 0. The van der Waals surface area contributed by atoms with Gasteiger partial charge in [-0.1, -0.05) is 0 Å². The van der Waals surface area contributed by atoms with Crippen molar-refractivity contribution >= 4 is 21.9 Å². The number of hydrogen-bond acceptors (Lipinski definition) is 5. The van der Waals surface area contributed by atoms with Crippen molar-refractivity contribution in [1.82, 2.24) is 9.62 Å². The van der Waals surface area contributed by atoms with Gasteiger partial charge in [0.25, 0.3) is 0 Å². The molecule has 0 aromatic rings. The van der Waals surface area contributed by atoms with Crippen LogP contribution in [0.2, 0.25) is 0 Å². The fraction of sp³-hybridized carbons (Fsp3) is 0.800. The van der Waals surface area contributed by atoms with Gasteiger partial charge >= 0.3 is 5.97 Å². The topological polar surface area (TPSA) is 113 Å². The normalized spacial score (nSPS) is 23.5. The van der Waals surface area contributed by atoms with Crippen LogP contribution in [0.5, 0.6) is 0 Å². The van der Waals surface area contributed by atoms with Gasteiger partial charge < -0.3 is 15.2 Å². The van der Waals surface area contributed by atoms with Crippen molar-refractivity contribution < 1.29 is 27.9 Å². The number of nitrogens with zero attached hydrogens (tertiary/aromatic N) is 1. The maximum absolute atomic E-state index is 11.6. The van der Waals surface area contributed by atoms with Gasteiger partial charge in [-0.2, -0.15) is 0 Å². The van der Waals surface area contributed by atoms with E-state index >= 15 is 0 Å². The third-order valence-corrected chi connectivity index (χ3v) is 4.64. The smallest absolute Gasteiger partial charge is 0.332 e. The quantitative estimate of drug-likeness (QED) is 0.624. The second-order valence-electron chi connectivity index (χ2n) is 4.42. The summed E-state index contributed by atoms with van der Waals surface area (Å²) in [5, 5.41) is 11.1. The van der Waals surface area contributed by atoms with Crippen LogP contribution in [0.3, 0.4) is 0 Å². The summed E-state index contributed by atoms with van der Waals surface area (Å²) in [7, 11) is -0.535. The summed E-state index contributed by atoms with van der Waals surface area (Å²) in [6.45, 7) is -0.0308. The van der Waals surface area contributed by atoms with Gasteiger partial charge in [0, 0.05) is 20.6 Å². The first-order valence-corrected chi connectivity index (χ1v) is 7.41. The molecule has 1 heterocycles. The Bertz CT molecular complexity index is 447. The molecule has 1 aliphatic heterocycles. The lowest BCUT2D eigenvalue weighted by molar-refractivity contribution is -0.151. The number of carboxylic acids is 1. The van der Waals surface area contributed by atoms with E-state index in [1.807, 2.05) is 0 Å². The highest BCUT2D eigenvalue weighted by atomic mass is 32.2. The van der Waals surface area contributed by atoms with Crippen LogP contribution in [-0.2, 0) is 24.3 Å². The summed E-state index contributed by atoms with van der Waals surface area (Å²) in [6.07, 6.45) is -1.17. The van der Waals surface area contributed by atoms with Crippen molar-refractivity contribution in [3.63, 3.8) is 0 Å². The number of ether oxygens (including phenoxy) is 1. The molecule has 1 fully saturated rings. The van der Waals surface area contributed by atoms with E-state index < -0.39 is 34.1 Å². The van der Waals surface area contributed by atoms with Crippen molar-refractivity contribution in [2.45, 2.75) is 25.0 Å². The Hall–Kier alpha value is -1.19. The van der Waals surface area contributed by atoms with Crippen molar-refractivity contribution in [1.29, 1.82) is 0 Å². The van der Waals surface area contributed by atoms with Crippen molar-refractivity contribution in [3.8, 4) is 0 Å². The summed E-state index contributed by atoms with van der Waals surface area (Å²) < 4.78 is 29.0. The molecule has 1 rings (SSSR count). The Morgan fingerprint density at radius 3 is 2.37 bits per heavy atom. The van der Waals surface area contributed by atoms with E-state index in [1.54, 1.807) is 0 Å². The molecule has 110 valence electrons. The van der Waals surface area contributed by atoms with Gasteiger partial charge in [-0.15, -0.1) is 0 Å². The third-order valence-electron chi connectivity index (χ3n) is 2.80. The van der Waals surface area contributed by atoms with Gasteiger partial charge in [-0.05, 0) is 12.8 Å². The first-order valence-electron chi connectivity index (χ1n) is 5.80. The number of rotatable bonds is 6. The highest BCUT2D eigenvalue weighted by molar-refractivity contribution is 7.89. The molecule has 0 saturated carbocycles. The van der Waals surface area contributed by atoms with Crippen LogP contribution < -0.4 is 5.32 Å². The molecule has 0 radical (unpaired) electrons. The van der Waals surface area contributed by atoms with E-state index in [0.717, 1.165) is 4.31 Å². The Balaban J connectivity index is 2.36. The Morgan fingerprint density at radius 2 is 1.89 bits per heavy atom. The molecule has 1 aliphatic rings. The summed E-state index contributed by atoms with van der Waals surface area (Å²) >= 11 is 0. The summed E-state index contributed by atoms with van der Waals surface area (Å²) in [4.78, 5) is 22.3. The molecular formula is C10H18N2O6S. The largest absolute Gasteiger partial charge is 0.479 e. The number of aliphatic carboxylic acids is 1. The van der Waals surface area contributed by atoms with E-state index in [-0.39, 0.29) is 18.7 Å². The second kappa shape index (κ2) is 6.31. The molecule has 0 spiro atoms. The first kappa shape index (κ1) is 15.9. The van der Waals surface area contributed by atoms with Crippen LogP contribution in [0.25, 0.3) is 0 Å². The number of amides is 1. The van der Waals surface area contributed by atoms with Crippen LogP contribution in [0.1, 0.15) is 12.8 Å². The molecule has 0 aromatic carbocycles. The molecule has 8 nitrogen and oxygen atoms in total. The number of hydrogen-bond donors (Lipinski definition) is 2. The number of carbonyl (C=O) groups excluding carboxylic acids is 1. The zero-order valence-electron chi connectivity index (χ0n) is 10.8. The molecule has 0 aliphatic carbocycles. The van der Waals surface area contributed by atoms with E-state index in [9.17, 15) is 18.0 Å². The second-order valence-corrected chi connectivity index (χ2v) is 6.72. The predicted molar refractivity (Wildman–Crippen MR) is 66.0 cm³/mol. The molecule has 9 heteroatoms. The predicted octanol–water partition coefficient (Wildman–Crippen LogP) is -1.37. The molecule has 19 heavy (non-hydrogen) atoms. The minimum atomic E-state index is -3.36. The van der Waals surface area contributed by atoms with Gasteiger partial charge in [0.15, 0.2) is 6.10 Å². The zero-order valence-corrected chi connectivity index (χ0v) is 11.6. The van der Waals surface area contributed by atoms with Crippen molar-refractivity contribution in [2.75, 3.05) is 26.4 Å². The number of carbonyl (C=O) groups is 2. The average molecular weight is 294 g/mol. The third kappa shape index (κ3) is 4.44. The zero-order chi connectivity index (χ0) is 14.6. The van der Waals surface area contributed by atoms with Gasteiger partial charge in [0.1, 0.15) is 6.10 Å². The lowest BCUT2D eigenvalue weighted by Gasteiger charge is -2.14. The van der Waals surface area contributed by atoms with E-state index in [2.05, 4.69) is 5.32 Å². The summed E-state index contributed by atoms with van der Waals surface area (Å²) in [5.74, 6) is -1.77. The minimum Gasteiger partial charge on any atom is -0.479 e. The van der Waals surface area contributed by atoms with Crippen LogP contribution >= 0.6 is 0 Å². The monoisotopic (exact) mass is 294 g/mol. The molecule has 2 atom stereocenters. The average Bonchev–Trinajstić information content (AvgIpc) is 2.77. The van der Waals surface area contributed by atoms with Crippen LogP contribution in [0.4, 0.5) is 0 Å². The van der Waals surface area contributed by atoms with E-state index in [0.29, 0.717) is 6.42 Å². The lowest BCUT2D eigenvalue weighted by Crippen LogP contribution is -2.39. The molecule has 0 bridgehead atoms. The van der Waals surface area contributed by atoms with E-state index in [4.69, 9.17) is 9.84 Å². The van der Waals surface area contributed by atoms with Crippen molar-refractivity contribution in [3.05, 3.63) is 0 Å². The number of sulfonamides is 1. The van der Waals surface area contributed by atoms with Gasteiger partial charge in [0.2, 0.25) is 15.9 Å². The molecule has 1 saturated heterocycles. The van der Waals surface area contributed by atoms with Gasteiger partial charge in [0.05, 0.1) is 5.75 Å². The minimum absolute atomic E-state index is 0.0308. The van der Waals surface area contributed by atoms with Gasteiger partial charge in [-0.25, -0.2) is 17.5 Å². The highest BCUT2D eigenvalue weighted by Gasteiger charge is 2.34. The number of carboxylic acid groups (broad SMARTS) is 1. The molecular weight excluding hydrogens is 276 g/mol. The molecule has 2 unspecified atom stereocenters. The summed E-state index contributed by atoms with van der Waals surface area (Å²) in [5.41, 5.74) is 0. The van der Waals surface area contributed by atoms with Crippen LogP contribution in [-0.4, -0.2) is 68.3 Å². The van der Waals surface area contributed by atoms with Crippen molar-refractivity contribution in [2.24, 2.45) is 0 Å². The lowest BCUT2D eigenvalue weighted by atomic mass is 10.2. The first-order chi connectivity index (χ1) is 8.74. The van der Waals surface area contributed by atoms with Crippen LogP contribution in [0, 0.1) is 0 Å². The molecule has 1 amide bonds. The fourth-order valence-corrected chi connectivity index (χ4v) is 2.34. The van der Waals surface area contributed by atoms with Crippen LogP contribution in [0.15, 0.2) is 0 Å². The maximum Gasteiger partial charge on any atom is 0.332 e. The highest BCUT2D eigenvalue weighted by Crippen LogP contribution is 2.19. The standard InChI is InChI=1S/C10H18N2O6S/c1-12(2)19(16,17)6-5-11-9(13)7-3-4-8(18-7)10(14)15/h7-8H,3-6H2,1-2H3,(H,11,13)(H,14,15). The Kier molecular flexibility index (Phi) is 5.27. The Labute approximate surface area is 111 Å². The fourth-order valence-electron chi connectivity index (χ4n) is 1.61.